The third kappa shape index (κ3) is 5.42. The van der Waals surface area contributed by atoms with E-state index < -0.39 is 37.6 Å². The molecule has 0 spiro atoms. The molecule has 174 valence electrons. The van der Waals surface area contributed by atoms with Crippen LogP contribution in [0.4, 0.5) is 17.1 Å². The minimum atomic E-state index is -1.21. The second kappa shape index (κ2) is 9.64. The summed E-state index contributed by atoms with van der Waals surface area (Å²) in [6.45, 7) is 0. The predicted octanol–water partition coefficient (Wildman–Crippen LogP) is 3.03. The van der Waals surface area contributed by atoms with Gasteiger partial charge in [-0.2, -0.15) is 0 Å². The van der Waals surface area contributed by atoms with Crippen molar-refractivity contribution >= 4 is 39.6 Å². The molecule has 0 radical (unpaired) electrons. The molecule has 2 aromatic carbocycles. The molecule has 1 fully saturated rings. The Hall–Kier alpha value is -5.01. The quantitative estimate of drug-likeness (QED) is 0.304. The normalized spacial score (nSPS) is 13.0. The monoisotopic (exact) mass is 468 g/mol. The summed E-state index contributed by atoms with van der Waals surface area (Å²) in [5, 5.41) is 40.2. The van der Waals surface area contributed by atoms with Gasteiger partial charge in [-0.3, -0.25) is 40.1 Å². The van der Waals surface area contributed by atoms with Gasteiger partial charge in [0.05, 0.1) is 49.8 Å². The number of phenolic OH excluding ortho intramolecular Hbond substituents is 1. The van der Waals surface area contributed by atoms with Gasteiger partial charge < -0.3 is 10.8 Å². The van der Waals surface area contributed by atoms with Crippen molar-refractivity contribution in [3.05, 3.63) is 84.7 Å². The van der Waals surface area contributed by atoms with E-state index in [9.17, 15) is 35.1 Å². The van der Waals surface area contributed by atoms with Crippen molar-refractivity contribution in [2.75, 3.05) is 0 Å². The predicted molar refractivity (Wildman–Crippen MR) is 118 cm³/mol. The summed E-state index contributed by atoms with van der Waals surface area (Å²) in [7, 11) is 0. The van der Waals surface area contributed by atoms with Gasteiger partial charge in [0.1, 0.15) is 5.69 Å². The van der Waals surface area contributed by atoms with Gasteiger partial charge in [0.15, 0.2) is 5.78 Å². The fraction of sp³-hybridized carbons (Fsp3) is 0.150. The topological polar surface area (TPSA) is 219 Å². The van der Waals surface area contributed by atoms with Crippen LogP contribution in [-0.4, -0.2) is 35.6 Å². The Morgan fingerprint density at radius 3 is 2.06 bits per heavy atom. The molecule has 3 aromatic rings. The minimum absolute atomic E-state index is 0.0995. The van der Waals surface area contributed by atoms with Gasteiger partial charge in [0.25, 0.3) is 11.4 Å². The van der Waals surface area contributed by atoms with E-state index in [-0.39, 0.29) is 11.7 Å². The molecule has 0 aliphatic heterocycles. The molecule has 34 heavy (non-hydrogen) atoms. The molecule has 4 rings (SSSR count). The number of rotatable bonds is 6. The second-order valence-electron chi connectivity index (χ2n) is 7.12. The van der Waals surface area contributed by atoms with Crippen LogP contribution >= 0.6 is 0 Å². The zero-order valence-electron chi connectivity index (χ0n) is 17.2. The van der Waals surface area contributed by atoms with Crippen molar-refractivity contribution < 1.29 is 24.7 Å². The van der Waals surface area contributed by atoms with E-state index in [4.69, 9.17) is 10.8 Å². The molecule has 1 aliphatic carbocycles. The maximum Gasteiger partial charge on any atom is 0.324 e. The highest BCUT2D eigenvalue weighted by Crippen LogP contribution is 2.39. The Labute approximate surface area is 189 Å². The van der Waals surface area contributed by atoms with E-state index in [2.05, 4.69) is 9.97 Å². The average molecular weight is 468 g/mol. The smallest absolute Gasteiger partial charge is 0.324 e. The minimum Gasteiger partial charge on any atom is -0.497 e. The standard InChI is InChI=1S/C14H13N3O.C6H3N3O7/c15-10(7-14(18)9-5-6-9)13-8-16-11-3-1-2-4-12(11)17-13;10-6-4(8(13)14)1-3(7(11)12)2-5(6)9(15)16/h1-4,7-9H,5-6,15H2;1-2,10H/b10-7+;. The van der Waals surface area contributed by atoms with Gasteiger partial charge in [-0.1, -0.05) is 12.1 Å². The summed E-state index contributed by atoms with van der Waals surface area (Å²) in [5.41, 5.74) is 5.44. The molecule has 3 N–H and O–H groups in total. The second-order valence-corrected chi connectivity index (χ2v) is 7.12. The number of non-ortho nitro benzene ring substituents is 1. The number of benzene rings is 2. The van der Waals surface area contributed by atoms with Crippen LogP contribution in [-0.2, 0) is 4.79 Å². The molecular weight excluding hydrogens is 452 g/mol. The Morgan fingerprint density at radius 2 is 1.56 bits per heavy atom. The summed E-state index contributed by atoms with van der Waals surface area (Å²) in [5.74, 6) is -0.931. The Morgan fingerprint density at radius 1 is 1.00 bits per heavy atom. The molecule has 1 aromatic heterocycles. The summed E-state index contributed by atoms with van der Waals surface area (Å²) in [6.07, 6.45) is 5.04. The lowest BCUT2D eigenvalue weighted by atomic mass is 10.2. The zero-order valence-corrected chi connectivity index (χ0v) is 17.2. The first-order valence-electron chi connectivity index (χ1n) is 9.61. The summed E-state index contributed by atoms with van der Waals surface area (Å²) >= 11 is 0. The number of nitrogens with zero attached hydrogens (tertiary/aromatic N) is 5. The number of allylic oxidation sites excluding steroid dienone is 1. The fourth-order valence-corrected chi connectivity index (χ4v) is 2.78. The van der Waals surface area contributed by atoms with E-state index in [1.807, 2.05) is 24.3 Å². The van der Waals surface area contributed by atoms with Crippen molar-refractivity contribution in [3.63, 3.8) is 0 Å². The van der Waals surface area contributed by atoms with E-state index >= 15 is 0 Å². The largest absolute Gasteiger partial charge is 0.497 e. The van der Waals surface area contributed by atoms with E-state index in [1.165, 1.54) is 6.08 Å². The molecule has 0 saturated heterocycles. The number of nitrogens with two attached hydrogens (primary N) is 1. The number of carbonyl (C=O) groups excluding carboxylic acids is 1. The van der Waals surface area contributed by atoms with E-state index in [0.717, 1.165) is 23.9 Å². The number of fused-ring (bicyclic) bond motifs is 1. The van der Waals surface area contributed by atoms with Crippen LogP contribution in [0.2, 0.25) is 0 Å². The number of aromatic nitrogens is 2. The molecule has 1 heterocycles. The first kappa shape index (κ1) is 23.6. The Balaban J connectivity index is 0.000000192. The molecule has 14 nitrogen and oxygen atoms in total. The SMILES string of the molecule is N/C(=C/C(=O)C1CC1)c1cnc2ccccc2n1.O=[N+]([O-])c1cc([N+](=O)[O-])c(O)c([N+](=O)[O-])c1. The number of para-hydroxylation sites is 2. The summed E-state index contributed by atoms with van der Waals surface area (Å²) < 4.78 is 0. The molecule has 1 saturated carbocycles. The van der Waals surface area contributed by atoms with Crippen LogP contribution in [0.5, 0.6) is 5.75 Å². The number of nitro groups is 3. The van der Waals surface area contributed by atoms with Gasteiger partial charge in [0.2, 0.25) is 0 Å². The molecule has 14 heteroatoms. The molecule has 0 unspecified atom stereocenters. The number of hydrogen-bond donors (Lipinski definition) is 2. The first-order chi connectivity index (χ1) is 16.1. The summed E-state index contributed by atoms with van der Waals surface area (Å²) in [4.78, 5) is 48.1. The van der Waals surface area contributed by atoms with Crippen molar-refractivity contribution in [3.8, 4) is 5.75 Å². The van der Waals surface area contributed by atoms with Gasteiger partial charge in [0, 0.05) is 12.0 Å². The van der Waals surface area contributed by atoms with Crippen molar-refractivity contribution in [1.82, 2.24) is 9.97 Å². The van der Waals surface area contributed by atoms with Crippen LogP contribution in [0.3, 0.4) is 0 Å². The van der Waals surface area contributed by atoms with E-state index in [0.29, 0.717) is 23.5 Å². The third-order valence-electron chi connectivity index (χ3n) is 4.68. The van der Waals surface area contributed by atoms with Crippen molar-refractivity contribution in [2.45, 2.75) is 12.8 Å². The zero-order chi connectivity index (χ0) is 25.0. The number of carbonyl (C=O) groups is 1. The van der Waals surface area contributed by atoms with Gasteiger partial charge in [-0.05, 0) is 25.0 Å². The molecule has 0 amide bonds. The maximum atomic E-state index is 11.6. The van der Waals surface area contributed by atoms with Gasteiger partial charge >= 0.3 is 11.4 Å². The molecule has 1 aliphatic rings. The van der Waals surface area contributed by atoms with Crippen molar-refractivity contribution in [1.29, 1.82) is 0 Å². The van der Waals surface area contributed by atoms with Crippen molar-refractivity contribution in [2.24, 2.45) is 11.7 Å². The summed E-state index contributed by atoms with van der Waals surface area (Å²) in [6, 6.07) is 8.47. The lowest BCUT2D eigenvalue weighted by Gasteiger charge is -2.02. The van der Waals surface area contributed by atoms with Crippen LogP contribution in [0.1, 0.15) is 18.5 Å². The lowest BCUT2D eigenvalue weighted by Crippen LogP contribution is -2.05. The molecular formula is C20H16N6O8. The highest BCUT2D eigenvalue weighted by Gasteiger charge is 2.30. The molecule has 0 atom stereocenters. The average Bonchev–Trinajstić information content (AvgIpc) is 3.64. The van der Waals surface area contributed by atoms with Gasteiger partial charge in [-0.25, -0.2) is 4.98 Å². The third-order valence-corrected chi connectivity index (χ3v) is 4.68. The Bertz CT molecular complexity index is 1320. The number of aromatic hydroxyl groups is 1. The maximum absolute atomic E-state index is 11.6. The van der Waals surface area contributed by atoms with Crippen LogP contribution in [0.15, 0.2) is 48.7 Å². The van der Waals surface area contributed by atoms with Crippen LogP contribution < -0.4 is 5.73 Å². The first-order valence-corrected chi connectivity index (χ1v) is 9.61. The number of ketones is 1. The van der Waals surface area contributed by atoms with Gasteiger partial charge in [-0.15, -0.1) is 0 Å². The number of phenols is 1. The highest BCUT2D eigenvalue weighted by atomic mass is 16.6. The number of nitro benzene ring substituents is 3. The Kier molecular flexibility index (Phi) is 6.71. The fourth-order valence-electron chi connectivity index (χ4n) is 2.78. The van der Waals surface area contributed by atoms with E-state index in [1.54, 1.807) is 6.20 Å². The number of hydrogen-bond acceptors (Lipinski definition) is 11. The lowest BCUT2D eigenvalue weighted by molar-refractivity contribution is -0.404. The molecule has 0 bridgehead atoms. The van der Waals surface area contributed by atoms with Crippen LogP contribution in [0.25, 0.3) is 16.7 Å². The highest BCUT2D eigenvalue weighted by molar-refractivity contribution is 5.98. The van der Waals surface area contributed by atoms with Crippen LogP contribution in [0, 0.1) is 36.3 Å².